The summed E-state index contributed by atoms with van der Waals surface area (Å²) in [7, 11) is 0. The Balaban J connectivity index is 1.68. The molecule has 2 unspecified atom stereocenters. The van der Waals surface area contributed by atoms with E-state index in [1.807, 2.05) is 0 Å². The minimum absolute atomic E-state index is 0.0293. The highest BCUT2D eigenvalue weighted by molar-refractivity contribution is 6.04. The number of nitro groups is 1. The average molecular weight is 601 g/mol. The van der Waals surface area contributed by atoms with Crippen molar-refractivity contribution in [2.75, 3.05) is 6.54 Å². The number of carboxylic acids is 1. The molecule has 1 aliphatic rings. The van der Waals surface area contributed by atoms with Crippen LogP contribution in [0.3, 0.4) is 0 Å². The molecule has 0 radical (unpaired) electrons. The van der Waals surface area contributed by atoms with E-state index in [2.05, 4.69) is 5.32 Å². The molecule has 0 fully saturated rings. The van der Waals surface area contributed by atoms with Gasteiger partial charge in [0.15, 0.2) is 6.10 Å². The summed E-state index contributed by atoms with van der Waals surface area (Å²) in [5, 5.41) is 33.5. The van der Waals surface area contributed by atoms with Crippen molar-refractivity contribution in [3.8, 4) is 0 Å². The van der Waals surface area contributed by atoms with E-state index in [0.29, 0.717) is 11.1 Å². The Morgan fingerprint density at radius 1 is 0.955 bits per heavy atom. The molecule has 0 aliphatic carbocycles. The molecule has 0 bridgehead atoms. The number of aliphatic hydroxyl groups excluding tert-OH is 1. The van der Waals surface area contributed by atoms with Gasteiger partial charge in [-0.15, -0.1) is 0 Å². The summed E-state index contributed by atoms with van der Waals surface area (Å²) < 4.78 is 0. The van der Waals surface area contributed by atoms with Gasteiger partial charge in [0.2, 0.25) is 5.91 Å². The van der Waals surface area contributed by atoms with E-state index in [1.165, 1.54) is 40.3 Å². The van der Waals surface area contributed by atoms with Crippen molar-refractivity contribution in [3.05, 3.63) is 118 Å². The molecule has 44 heavy (non-hydrogen) atoms. The van der Waals surface area contributed by atoms with Crippen LogP contribution >= 0.6 is 0 Å². The van der Waals surface area contributed by atoms with Gasteiger partial charge in [-0.1, -0.05) is 74.5 Å². The van der Waals surface area contributed by atoms with Gasteiger partial charge in [-0.05, 0) is 35.6 Å². The summed E-state index contributed by atoms with van der Waals surface area (Å²) >= 11 is 0. The molecule has 12 nitrogen and oxygen atoms in total. The first-order valence-corrected chi connectivity index (χ1v) is 13.9. The summed E-state index contributed by atoms with van der Waals surface area (Å²) in [5.41, 5.74) is 1.42. The maximum absolute atomic E-state index is 14.1. The number of nitrogens with zero attached hydrogens (tertiary/aromatic N) is 3. The molecule has 228 valence electrons. The van der Waals surface area contributed by atoms with Gasteiger partial charge in [-0.2, -0.15) is 0 Å². The molecule has 1 heterocycles. The monoisotopic (exact) mass is 600 g/mol. The lowest BCUT2D eigenvalue weighted by molar-refractivity contribution is -0.384. The predicted octanol–water partition coefficient (Wildman–Crippen LogP) is 3.08. The fraction of sp³-hybridized carbons (Fsp3) is 0.250. The maximum atomic E-state index is 14.1. The second kappa shape index (κ2) is 13.7. The first-order chi connectivity index (χ1) is 21.0. The van der Waals surface area contributed by atoms with Crippen molar-refractivity contribution in [1.29, 1.82) is 0 Å². The summed E-state index contributed by atoms with van der Waals surface area (Å²) in [5.74, 6) is -3.73. The van der Waals surface area contributed by atoms with Crippen molar-refractivity contribution in [2.45, 2.75) is 38.5 Å². The Hall–Kier alpha value is -5.36. The van der Waals surface area contributed by atoms with E-state index >= 15 is 0 Å². The van der Waals surface area contributed by atoms with Crippen molar-refractivity contribution in [3.63, 3.8) is 0 Å². The summed E-state index contributed by atoms with van der Waals surface area (Å²) in [6, 6.07) is 20.2. The normalized spacial score (nSPS) is 16.2. The molecular formula is C32H32N4O8. The third kappa shape index (κ3) is 7.16. The fourth-order valence-electron chi connectivity index (χ4n) is 5.03. The van der Waals surface area contributed by atoms with Crippen molar-refractivity contribution in [1.82, 2.24) is 15.1 Å². The predicted molar refractivity (Wildman–Crippen MR) is 160 cm³/mol. The van der Waals surface area contributed by atoms with Crippen LogP contribution in [-0.4, -0.2) is 73.4 Å². The molecule has 0 saturated heterocycles. The zero-order chi connectivity index (χ0) is 32.0. The van der Waals surface area contributed by atoms with Crippen LogP contribution in [-0.2, 0) is 20.8 Å². The maximum Gasteiger partial charge on any atom is 0.334 e. The quantitative estimate of drug-likeness (QED) is 0.223. The molecule has 12 heteroatoms. The number of carbonyl (C=O) groups is 4. The number of aliphatic hydroxyl groups is 1. The highest BCUT2D eigenvalue weighted by Crippen LogP contribution is 2.31. The van der Waals surface area contributed by atoms with Crippen LogP contribution in [0.5, 0.6) is 0 Å². The van der Waals surface area contributed by atoms with Crippen LogP contribution in [0.1, 0.15) is 35.3 Å². The Bertz CT molecular complexity index is 1560. The van der Waals surface area contributed by atoms with Crippen LogP contribution in [0.4, 0.5) is 5.69 Å². The first-order valence-electron chi connectivity index (χ1n) is 13.9. The number of hydrogen-bond donors (Lipinski definition) is 3. The number of amides is 3. The zero-order valence-corrected chi connectivity index (χ0v) is 24.1. The van der Waals surface area contributed by atoms with E-state index in [0.717, 1.165) is 0 Å². The van der Waals surface area contributed by atoms with Crippen LogP contribution in [0.15, 0.2) is 91.1 Å². The molecule has 3 aromatic rings. The van der Waals surface area contributed by atoms with Crippen LogP contribution in [0.2, 0.25) is 0 Å². The van der Waals surface area contributed by atoms with Gasteiger partial charge in [0.05, 0.1) is 16.7 Å². The highest BCUT2D eigenvalue weighted by Gasteiger charge is 2.41. The number of carboxylic acid groups (broad SMARTS) is 1. The molecule has 0 spiro atoms. The van der Waals surface area contributed by atoms with Crippen molar-refractivity contribution < 1.29 is 34.3 Å². The topological polar surface area (TPSA) is 170 Å². The molecule has 4 rings (SSSR count). The van der Waals surface area contributed by atoms with E-state index < -0.39 is 59.3 Å². The summed E-state index contributed by atoms with van der Waals surface area (Å²) in [4.78, 5) is 65.8. The van der Waals surface area contributed by atoms with Gasteiger partial charge in [-0.25, -0.2) is 4.79 Å². The standard InChI is InChI=1S/C32H32N4O8/c1-20(2)28-31(40)34(19-27(37)33-25(29(38)32(41)42)17-21-9-5-3-6-10-21)26(22-11-7-4-8-12-22)18-35(28)30(39)23-13-15-24(16-14-23)36(43)44/h3-16,18,20,25,28-29,38H,17,19H2,1-2H3,(H,33,37)(H,41,42)/t25-,28?,29?/m0/s1. The Morgan fingerprint density at radius 2 is 1.55 bits per heavy atom. The fourth-order valence-corrected chi connectivity index (χ4v) is 5.03. The number of aliphatic carboxylic acids is 1. The highest BCUT2D eigenvalue weighted by atomic mass is 16.6. The smallest absolute Gasteiger partial charge is 0.334 e. The Labute approximate surface area is 253 Å². The van der Waals surface area contributed by atoms with Gasteiger partial charge in [0, 0.05) is 23.9 Å². The average Bonchev–Trinajstić information content (AvgIpc) is 3.01. The minimum atomic E-state index is -1.90. The minimum Gasteiger partial charge on any atom is -0.479 e. The van der Waals surface area contributed by atoms with E-state index in [9.17, 15) is 39.5 Å². The Kier molecular flexibility index (Phi) is 9.86. The molecule has 0 saturated carbocycles. The second-order valence-corrected chi connectivity index (χ2v) is 10.7. The molecule has 3 amide bonds. The summed E-state index contributed by atoms with van der Waals surface area (Å²) in [6.45, 7) is 2.98. The van der Waals surface area contributed by atoms with Crippen molar-refractivity contribution >= 4 is 35.1 Å². The largest absolute Gasteiger partial charge is 0.479 e. The lowest BCUT2D eigenvalue weighted by Gasteiger charge is -2.41. The Morgan fingerprint density at radius 3 is 2.09 bits per heavy atom. The first kappa shape index (κ1) is 31.6. The van der Waals surface area contributed by atoms with Gasteiger partial charge >= 0.3 is 5.97 Å². The van der Waals surface area contributed by atoms with Crippen LogP contribution < -0.4 is 5.32 Å². The van der Waals surface area contributed by atoms with E-state index in [1.54, 1.807) is 74.5 Å². The molecule has 1 aliphatic heterocycles. The number of nitro benzene ring substituents is 1. The number of non-ortho nitro benzene ring substituents is 1. The molecule has 3 atom stereocenters. The third-order valence-electron chi connectivity index (χ3n) is 7.21. The van der Waals surface area contributed by atoms with E-state index in [-0.39, 0.29) is 23.4 Å². The van der Waals surface area contributed by atoms with Crippen LogP contribution in [0, 0.1) is 16.0 Å². The number of rotatable bonds is 11. The summed E-state index contributed by atoms with van der Waals surface area (Å²) in [6.07, 6.45) is -0.397. The van der Waals surface area contributed by atoms with Gasteiger partial charge in [-0.3, -0.25) is 29.4 Å². The van der Waals surface area contributed by atoms with Gasteiger partial charge in [0.25, 0.3) is 17.5 Å². The SMILES string of the molecule is CC(C)C1C(=O)N(CC(=O)N[C@@H](Cc2ccccc2)C(O)C(=O)O)C(c2ccccc2)=CN1C(=O)c1ccc([N+](=O)[O-])cc1. The van der Waals surface area contributed by atoms with E-state index in [4.69, 9.17) is 0 Å². The van der Waals surface area contributed by atoms with Crippen LogP contribution in [0.25, 0.3) is 5.70 Å². The zero-order valence-electron chi connectivity index (χ0n) is 24.1. The van der Waals surface area contributed by atoms with Crippen molar-refractivity contribution in [2.24, 2.45) is 5.92 Å². The molecule has 3 aromatic carbocycles. The number of hydrogen-bond acceptors (Lipinski definition) is 7. The van der Waals surface area contributed by atoms with Gasteiger partial charge in [0.1, 0.15) is 12.6 Å². The number of nitrogens with one attached hydrogen (secondary N) is 1. The third-order valence-corrected chi connectivity index (χ3v) is 7.21. The molecular weight excluding hydrogens is 568 g/mol. The second-order valence-electron chi connectivity index (χ2n) is 10.7. The number of carbonyl (C=O) groups excluding carboxylic acids is 3. The lowest BCUT2D eigenvalue weighted by atomic mass is 9.96. The number of benzene rings is 3. The lowest BCUT2D eigenvalue weighted by Crippen LogP contribution is -2.57. The molecule has 3 N–H and O–H groups in total. The molecule has 0 aromatic heterocycles. The van der Waals surface area contributed by atoms with Gasteiger partial charge < -0.3 is 20.4 Å².